The number of nitrogens with zero attached hydrogens (tertiary/aromatic N) is 2. The Morgan fingerprint density at radius 2 is 1.65 bits per heavy atom. The zero-order valence-corrected chi connectivity index (χ0v) is 14.8. The Bertz CT molecular complexity index is 227. The van der Waals surface area contributed by atoms with Crippen LogP contribution in [0.1, 0.15) is 39.0 Å². The number of hydrogen-bond acceptors (Lipinski definition) is 3. The molecule has 1 aliphatic carbocycles. The second kappa shape index (κ2) is 11.1. The summed E-state index contributed by atoms with van der Waals surface area (Å²) in [4.78, 5) is 5.22. The highest BCUT2D eigenvalue weighted by Gasteiger charge is 2.23. The average molecular weight is 326 g/mol. The highest BCUT2D eigenvalue weighted by Crippen LogP contribution is 2.28. The first-order valence-electron chi connectivity index (χ1n) is 7.93. The molecule has 0 aromatic rings. The van der Waals surface area contributed by atoms with E-state index in [9.17, 15) is 0 Å². The number of likely N-dealkylation sites (N-methyl/N-ethyl adjacent to an activating group) is 1. The van der Waals surface area contributed by atoms with Gasteiger partial charge in [0, 0.05) is 45.3 Å². The first kappa shape index (κ1) is 20.5. The van der Waals surface area contributed by atoms with E-state index in [1.54, 1.807) is 0 Å². The van der Waals surface area contributed by atoms with E-state index < -0.39 is 0 Å². The van der Waals surface area contributed by atoms with Crippen LogP contribution in [0.15, 0.2) is 0 Å². The highest BCUT2D eigenvalue weighted by molar-refractivity contribution is 5.85. The third-order valence-corrected chi connectivity index (χ3v) is 5.00. The minimum absolute atomic E-state index is 0. The third-order valence-electron chi connectivity index (χ3n) is 5.00. The smallest absolute Gasteiger partial charge is 0.0110 e. The summed E-state index contributed by atoms with van der Waals surface area (Å²) >= 11 is 0. The van der Waals surface area contributed by atoms with Crippen LogP contribution in [-0.4, -0.2) is 62.2 Å². The molecule has 1 saturated heterocycles. The Kier molecular flexibility index (Phi) is 11.3. The van der Waals surface area contributed by atoms with Crippen molar-refractivity contribution in [1.82, 2.24) is 15.1 Å². The summed E-state index contributed by atoms with van der Waals surface area (Å²) in [6.07, 6.45) is 7.16. The standard InChI is InChI=1S/C15H31N3.2ClH/c1-3-14-4-6-15(7-5-14)17(2)12-13-18-10-8-16-9-11-18;;/h14-16H,3-13H2,1-2H3;2*1H. The zero-order valence-electron chi connectivity index (χ0n) is 13.1. The molecule has 1 saturated carbocycles. The van der Waals surface area contributed by atoms with Crippen molar-refractivity contribution < 1.29 is 0 Å². The van der Waals surface area contributed by atoms with Gasteiger partial charge in [-0.15, -0.1) is 24.8 Å². The number of rotatable bonds is 5. The Hall–Kier alpha value is 0.460. The second-order valence-corrected chi connectivity index (χ2v) is 6.16. The molecule has 0 spiro atoms. The quantitative estimate of drug-likeness (QED) is 0.838. The number of halogens is 2. The van der Waals surface area contributed by atoms with Gasteiger partial charge in [-0.2, -0.15) is 0 Å². The molecule has 0 aromatic carbocycles. The summed E-state index contributed by atoms with van der Waals surface area (Å²) in [5, 5.41) is 3.42. The van der Waals surface area contributed by atoms with Gasteiger partial charge in [0.25, 0.3) is 0 Å². The summed E-state index contributed by atoms with van der Waals surface area (Å²) in [5.41, 5.74) is 0. The molecule has 1 N–H and O–H groups in total. The van der Waals surface area contributed by atoms with Gasteiger partial charge < -0.3 is 10.2 Å². The summed E-state index contributed by atoms with van der Waals surface area (Å²) in [5.74, 6) is 1.02. The second-order valence-electron chi connectivity index (χ2n) is 6.16. The van der Waals surface area contributed by atoms with Gasteiger partial charge in [0.15, 0.2) is 0 Å². The van der Waals surface area contributed by atoms with Crippen LogP contribution in [0.25, 0.3) is 0 Å². The first-order valence-corrected chi connectivity index (χ1v) is 7.93. The number of hydrogen-bond donors (Lipinski definition) is 1. The van der Waals surface area contributed by atoms with Gasteiger partial charge in [0.05, 0.1) is 0 Å². The maximum absolute atomic E-state index is 3.42. The van der Waals surface area contributed by atoms with E-state index in [1.165, 1.54) is 71.4 Å². The van der Waals surface area contributed by atoms with Gasteiger partial charge in [-0.05, 0) is 38.6 Å². The molecule has 122 valence electrons. The molecule has 0 unspecified atom stereocenters. The molecule has 2 rings (SSSR count). The minimum atomic E-state index is 0. The maximum atomic E-state index is 3.42. The van der Waals surface area contributed by atoms with Crippen LogP contribution in [0.4, 0.5) is 0 Å². The van der Waals surface area contributed by atoms with Crippen molar-refractivity contribution in [2.45, 2.75) is 45.1 Å². The first-order chi connectivity index (χ1) is 8.79. The molecule has 1 aliphatic heterocycles. The maximum Gasteiger partial charge on any atom is 0.0110 e. The van der Waals surface area contributed by atoms with Crippen molar-refractivity contribution in [2.24, 2.45) is 5.92 Å². The van der Waals surface area contributed by atoms with Crippen LogP contribution in [-0.2, 0) is 0 Å². The normalized spacial score (nSPS) is 27.8. The third kappa shape index (κ3) is 6.48. The molecule has 0 aromatic heterocycles. The van der Waals surface area contributed by atoms with Crippen LogP contribution < -0.4 is 5.32 Å². The van der Waals surface area contributed by atoms with Crippen LogP contribution >= 0.6 is 24.8 Å². The van der Waals surface area contributed by atoms with Crippen LogP contribution in [0.5, 0.6) is 0 Å². The predicted molar refractivity (Wildman–Crippen MR) is 92.5 cm³/mol. The Balaban J connectivity index is 0.00000180. The molecule has 20 heavy (non-hydrogen) atoms. The van der Waals surface area contributed by atoms with Crippen molar-refractivity contribution in [3.8, 4) is 0 Å². The Labute approximate surface area is 137 Å². The van der Waals surface area contributed by atoms with Crippen LogP contribution in [0, 0.1) is 5.92 Å². The van der Waals surface area contributed by atoms with E-state index in [4.69, 9.17) is 0 Å². The largest absolute Gasteiger partial charge is 0.314 e. The Morgan fingerprint density at radius 3 is 2.20 bits per heavy atom. The van der Waals surface area contributed by atoms with Crippen molar-refractivity contribution in [1.29, 1.82) is 0 Å². The fourth-order valence-corrected chi connectivity index (χ4v) is 3.41. The van der Waals surface area contributed by atoms with E-state index in [0.29, 0.717) is 0 Å². The molecular weight excluding hydrogens is 293 g/mol. The monoisotopic (exact) mass is 325 g/mol. The molecule has 2 fully saturated rings. The van der Waals surface area contributed by atoms with Crippen LogP contribution in [0.3, 0.4) is 0 Å². The Morgan fingerprint density at radius 1 is 1.05 bits per heavy atom. The van der Waals surface area contributed by atoms with Gasteiger partial charge in [-0.25, -0.2) is 0 Å². The van der Waals surface area contributed by atoms with Crippen molar-refractivity contribution in [3.63, 3.8) is 0 Å². The van der Waals surface area contributed by atoms with Gasteiger partial charge in [-0.3, -0.25) is 4.90 Å². The molecule has 0 amide bonds. The average Bonchev–Trinajstić information content (AvgIpc) is 2.46. The molecule has 5 heteroatoms. The van der Waals surface area contributed by atoms with Gasteiger partial charge in [-0.1, -0.05) is 13.3 Å². The molecule has 0 radical (unpaired) electrons. The summed E-state index contributed by atoms with van der Waals surface area (Å²) in [6, 6.07) is 0.857. The topological polar surface area (TPSA) is 18.5 Å². The molecule has 1 heterocycles. The van der Waals surface area contributed by atoms with Crippen molar-refractivity contribution in [3.05, 3.63) is 0 Å². The number of nitrogens with one attached hydrogen (secondary N) is 1. The SMILES string of the molecule is CCC1CCC(N(C)CCN2CCNCC2)CC1.Cl.Cl. The van der Waals surface area contributed by atoms with E-state index in [0.717, 1.165) is 12.0 Å². The molecule has 3 nitrogen and oxygen atoms in total. The van der Waals surface area contributed by atoms with E-state index in [2.05, 4.69) is 29.1 Å². The lowest BCUT2D eigenvalue weighted by Crippen LogP contribution is -2.47. The van der Waals surface area contributed by atoms with Gasteiger partial charge >= 0.3 is 0 Å². The summed E-state index contributed by atoms with van der Waals surface area (Å²) in [6.45, 7) is 9.66. The molecular formula is C15H33Cl2N3. The molecule has 0 bridgehead atoms. The number of piperazine rings is 1. The fourth-order valence-electron chi connectivity index (χ4n) is 3.41. The lowest BCUT2D eigenvalue weighted by molar-refractivity contribution is 0.137. The highest BCUT2D eigenvalue weighted by atomic mass is 35.5. The van der Waals surface area contributed by atoms with Gasteiger partial charge in [0.1, 0.15) is 0 Å². The minimum Gasteiger partial charge on any atom is -0.314 e. The lowest BCUT2D eigenvalue weighted by atomic mass is 9.84. The summed E-state index contributed by atoms with van der Waals surface area (Å²) < 4.78 is 0. The lowest BCUT2D eigenvalue weighted by Gasteiger charge is -2.36. The van der Waals surface area contributed by atoms with Crippen molar-refractivity contribution in [2.75, 3.05) is 46.3 Å². The fraction of sp³-hybridized carbons (Fsp3) is 1.00. The zero-order chi connectivity index (χ0) is 12.8. The van der Waals surface area contributed by atoms with Gasteiger partial charge in [0.2, 0.25) is 0 Å². The summed E-state index contributed by atoms with van der Waals surface area (Å²) in [7, 11) is 2.33. The predicted octanol–water partition coefficient (Wildman–Crippen LogP) is 2.64. The van der Waals surface area contributed by atoms with E-state index in [1.807, 2.05) is 0 Å². The van der Waals surface area contributed by atoms with E-state index >= 15 is 0 Å². The molecule has 0 atom stereocenters. The van der Waals surface area contributed by atoms with Crippen LogP contribution in [0.2, 0.25) is 0 Å². The van der Waals surface area contributed by atoms with E-state index in [-0.39, 0.29) is 24.8 Å². The molecule has 2 aliphatic rings. The van der Waals surface area contributed by atoms with Crippen molar-refractivity contribution >= 4 is 24.8 Å².